The van der Waals surface area contributed by atoms with Crippen molar-refractivity contribution in [3.05, 3.63) is 35.5 Å². The van der Waals surface area contributed by atoms with Crippen LogP contribution in [0.15, 0.2) is 24.3 Å². The van der Waals surface area contributed by atoms with E-state index < -0.39 is 0 Å². The number of hydrogen-bond donors (Lipinski definition) is 0. The molecule has 3 heteroatoms. The van der Waals surface area contributed by atoms with E-state index >= 15 is 0 Å². The highest BCUT2D eigenvalue weighted by Gasteiger charge is 1.94. The Labute approximate surface area is 58.5 Å². The maximum atomic E-state index is 10.4. The summed E-state index contributed by atoms with van der Waals surface area (Å²) in [6, 6.07) is 9.29. The van der Waals surface area contributed by atoms with Gasteiger partial charge in [-0.2, -0.15) is 0 Å². The SMILES string of the molecule is [O-][N+](=S)c1cc[c]cc1. The van der Waals surface area contributed by atoms with Crippen LogP contribution in [0, 0.1) is 11.3 Å². The standard InChI is InChI=1S/C6H4NOS/c8-7(9)6-4-2-1-3-5-6/h2-5H. The highest BCUT2D eigenvalue weighted by atomic mass is 32.1. The molecular weight excluding hydrogens is 134 g/mol. The molecule has 9 heavy (non-hydrogen) atoms. The minimum absolute atomic E-state index is 0.397. The van der Waals surface area contributed by atoms with Crippen molar-refractivity contribution in [1.82, 2.24) is 0 Å². The largest absolute Gasteiger partial charge is 0.605 e. The Bertz CT molecular complexity index is 210. The van der Waals surface area contributed by atoms with Gasteiger partial charge < -0.3 is 5.21 Å². The van der Waals surface area contributed by atoms with E-state index in [0.29, 0.717) is 9.80 Å². The second-order valence-corrected chi connectivity index (χ2v) is 1.85. The van der Waals surface area contributed by atoms with Crippen LogP contribution in [0.25, 0.3) is 0 Å². The van der Waals surface area contributed by atoms with Crippen molar-refractivity contribution in [3.8, 4) is 0 Å². The van der Waals surface area contributed by atoms with Crippen LogP contribution in [0.1, 0.15) is 0 Å². The topological polar surface area (TPSA) is 26.1 Å². The van der Waals surface area contributed by atoms with Crippen LogP contribution in [0.2, 0.25) is 0 Å². The summed E-state index contributed by atoms with van der Waals surface area (Å²) >= 11 is 4.31. The van der Waals surface area contributed by atoms with E-state index in [2.05, 4.69) is 18.5 Å². The number of hydrogen-bond acceptors (Lipinski definition) is 2. The van der Waals surface area contributed by atoms with Gasteiger partial charge in [-0.25, -0.2) is 0 Å². The van der Waals surface area contributed by atoms with Gasteiger partial charge in [-0.1, -0.05) is 4.11 Å². The molecule has 45 valence electrons. The molecule has 0 aliphatic carbocycles. The van der Waals surface area contributed by atoms with Crippen molar-refractivity contribution >= 4 is 18.1 Å². The summed E-state index contributed by atoms with van der Waals surface area (Å²) in [5.74, 6) is 0. The molecule has 0 spiro atoms. The lowest BCUT2D eigenvalue weighted by atomic mass is 10.3. The molecule has 0 saturated carbocycles. The van der Waals surface area contributed by atoms with Gasteiger partial charge in [0, 0.05) is 12.1 Å². The summed E-state index contributed by atoms with van der Waals surface area (Å²) in [4.78, 5) is 0. The third kappa shape index (κ3) is 1.47. The van der Waals surface area contributed by atoms with Gasteiger partial charge in [0.15, 0.2) is 0 Å². The van der Waals surface area contributed by atoms with E-state index in [9.17, 15) is 5.21 Å². The molecule has 0 atom stereocenters. The molecule has 0 unspecified atom stereocenters. The van der Waals surface area contributed by atoms with E-state index in [1.165, 1.54) is 0 Å². The van der Waals surface area contributed by atoms with Gasteiger partial charge in [0.25, 0.3) is 12.4 Å². The fraction of sp³-hybridized carbons (Fsp3) is 0. The number of nitrogens with zero attached hydrogens (tertiary/aromatic N) is 1. The highest BCUT2D eigenvalue weighted by molar-refractivity contribution is 7.44. The minimum Gasteiger partial charge on any atom is -0.605 e. The van der Waals surface area contributed by atoms with Crippen molar-refractivity contribution in [2.45, 2.75) is 0 Å². The number of rotatable bonds is 1. The van der Waals surface area contributed by atoms with Crippen LogP contribution in [0.4, 0.5) is 5.69 Å². The zero-order chi connectivity index (χ0) is 6.69. The molecule has 0 aromatic heterocycles. The summed E-state index contributed by atoms with van der Waals surface area (Å²) in [6.07, 6.45) is 0. The van der Waals surface area contributed by atoms with Crippen LogP contribution in [0.5, 0.6) is 0 Å². The average Bonchev–Trinajstić information content (AvgIpc) is 1.90. The van der Waals surface area contributed by atoms with Crippen molar-refractivity contribution in [2.24, 2.45) is 0 Å². The second-order valence-electron chi connectivity index (χ2n) is 1.52. The molecular formula is C6H4NOS. The molecule has 1 aromatic rings. The van der Waals surface area contributed by atoms with Gasteiger partial charge in [-0.05, 0) is 18.2 Å². The minimum atomic E-state index is 0.397. The van der Waals surface area contributed by atoms with Gasteiger partial charge in [-0.15, -0.1) is 0 Å². The van der Waals surface area contributed by atoms with Crippen LogP contribution in [-0.4, -0.2) is 4.11 Å². The lowest BCUT2D eigenvalue weighted by Crippen LogP contribution is -1.85. The van der Waals surface area contributed by atoms with Crippen molar-refractivity contribution in [1.29, 1.82) is 0 Å². The van der Waals surface area contributed by atoms with Crippen molar-refractivity contribution in [2.75, 3.05) is 0 Å². The van der Waals surface area contributed by atoms with Crippen LogP contribution < -0.4 is 0 Å². The molecule has 0 aliphatic rings. The van der Waals surface area contributed by atoms with Gasteiger partial charge in [-0.3, -0.25) is 0 Å². The van der Waals surface area contributed by atoms with Gasteiger partial charge in [0.2, 0.25) is 5.69 Å². The Hall–Kier alpha value is -0.960. The van der Waals surface area contributed by atoms with Gasteiger partial charge in [0.1, 0.15) is 0 Å². The van der Waals surface area contributed by atoms with E-state index in [1.807, 2.05) is 0 Å². The molecule has 0 saturated heterocycles. The maximum Gasteiger partial charge on any atom is 0.284 e. The summed E-state index contributed by atoms with van der Waals surface area (Å²) in [5, 5.41) is 10.4. The first-order valence-corrected chi connectivity index (χ1v) is 2.78. The Morgan fingerprint density at radius 2 is 2.00 bits per heavy atom. The summed E-state index contributed by atoms with van der Waals surface area (Å²) in [6.45, 7) is 0. The summed E-state index contributed by atoms with van der Waals surface area (Å²) in [5.41, 5.74) is 0.476. The van der Waals surface area contributed by atoms with Crippen LogP contribution in [-0.2, 0) is 12.4 Å². The van der Waals surface area contributed by atoms with E-state index in [1.54, 1.807) is 24.3 Å². The molecule has 0 bridgehead atoms. The Balaban J connectivity index is 2.98. The lowest BCUT2D eigenvalue weighted by Gasteiger charge is -1.92. The smallest absolute Gasteiger partial charge is 0.284 e. The fourth-order valence-corrected chi connectivity index (χ4v) is 0.622. The molecule has 0 N–H and O–H groups in total. The van der Waals surface area contributed by atoms with Crippen molar-refractivity contribution in [3.63, 3.8) is 0 Å². The summed E-state index contributed by atoms with van der Waals surface area (Å²) < 4.78 is 0.397. The first-order chi connectivity index (χ1) is 4.30. The molecule has 0 amide bonds. The predicted octanol–water partition coefficient (Wildman–Crippen LogP) is 1.36. The fourth-order valence-electron chi connectivity index (χ4n) is 0.500. The van der Waals surface area contributed by atoms with E-state index in [-0.39, 0.29) is 0 Å². The maximum absolute atomic E-state index is 10.4. The van der Waals surface area contributed by atoms with Gasteiger partial charge in [0.05, 0.1) is 0 Å². The zero-order valence-corrected chi connectivity index (χ0v) is 5.39. The van der Waals surface area contributed by atoms with Crippen LogP contribution >= 0.6 is 0 Å². The molecule has 0 fully saturated rings. The lowest BCUT2D eigenvalue weighted by molar-refractivity contribution is -0.325. The Kier molecular flexibility index (Phi) is 1.75. The van der Waals surface area contributed by atoms with Crippen molar-refractivity contribution < 1.29 is 4.11 Å². The highest BCUT2D eigenvalue weighted by Crippen LogP contribution is 2.06. The molecule has 1 radical (unpaired) electrons. The quantitative estimate of drug-likeness (QED) is 0.432. The molecule has 2 nitrogen and oxygen atoms in total. The Morgan fingerprint density at radius 3 is 2.33 bits per heavy atom. The normalized spacial score (nSPS) is 8.89. The molecule has 1 rings (SSSR count). The van der Waals surface area contributed by atoms with E-state index in [0.717, 1.165) is 0 Å². The van der Waals surface area contributed by atoms with Gasteiger partial charge >= 0.3 is 0 Å². The van der Waals surface area contributed by atoms with E-state index in [4.69, 9.17) is 0 Å². The first-order valence-electron chi connectivity index (χ1n) is 2.41. The number of benzene rings is 1. The third-order valence-corrected chi connectivity index (χ3v) is 1.12. The molecule has 0 heterocycles. The molecule has 1 aromatic carbocycles. The predicted molar refractivity (Wildman–Crippen MR) is 35.9 cm³/mol. The molecule has 0 aliphatic heterocycles. The zero-order valence-electron chi connectivity index (χ0n) is 4.57. The second kappa shape index (κ2) is 2.55. The summed E-state index contributed by atoms with van der Waals surface area (Å²) in [7, 11) is 0. The monoisotopic (exact) mass is 138 g/mol. The Morgan fingerprint density at radius 1 is 1.44 bits per heavy atom. The first kappa shape index (κ1) is 6.16. The average molecular weight is 138 g/mol. The van der Waals surface area contributed by atoms with Crippen LogP contribution in [0.3, 0.4) is 0 Å². The third-order valence-electron chi connectivity index (χ3n) is 0.911.